The van der Waals surface area contributed by atoms with Crippen molar-refractivity contribution in [3.05, 3.63) is 17.6 Å². The van der Waals surface area contributed by atoms with Crippen LogP contribution in [-0.4, -0.2) is 83.6 Å². The Labute approximate surface area is 176 Å². The van der Waals surface area contributed by atoms with Crippen LogP contribution in [-0.2, 0) is 6.54 Å². The van der Waals surface area contributed by atoms with Crippen molar-refractivity contribution < 1.29 is 0 Å². The van der Waals surface area contributed by atoms with Gasteiger partial charge in [-0.2, -0.15) is 5.26 Å². The summed E-state index contributed by atoms with van der Waals surface area (Å²) in [7, 11) is 0. The third-order valence-corrected chi connectivity index (χ3v) is 5.79. The normalized spacial score (nSPS) is 19.8. The Balaban J connectivity index is 1.49. The molecule has 0 unspecified atom stereocenters. The van der Waals surface area contributed by atoms with Crippen LogP contribution in [0.2, 0.25) is 0 Å². The Morgan fingerprint density at radius 1 is 0.966 bits per heavy atom. The number of nitrogens with zero attached hydrogens (tertiary/aromatic N) is 6. The first-order valence-corrected chi connectivity index (χ1v) is 11.1. The molecule has 3 heterocycles. The second-order valence-electron chi connectivity index (χ2n) is 9.61. The molecule has 0 amide bonds. The Morgan fingerprint density at radius 3 is 2.21 bits per heavy atom. The molecule has 7 nitrogen and oxygen atoms in total. The minimum Gasteiger partial charge on any atom is -0.369 e. The van der Waals surface area contributed by atoms with Crippen LogP contribution in [0.3, 0.4) is 0 Å². The molecule has 0 radical (unpaired) electrons. The minimum atomic E-state index is 0.148. The molecule has 2 aliphatic rings. The Kier molecular flexibility index (Phi) is 7.82. The van der Waals surface area contributed by atoms with Gasteiger partial charge in [0.05, 0.1) is 0 Å². The maximum absolute atomic E-state index is 9.15. The number of hydrogen-bond acceptors (Lipinski definition) is 7. The number of piperidine rings is 1. The topological polar surface area (TPSA) is 71.3 Å². The van der Waals surface area contributed by atoms with Gasteiger partial charge in [0.1, 0.15) is 11.9 Å². The standard InChI is InChI=1S/C22H37N7/c1-22(2,3)18-25-21-19(16-24-20(15-23)26-21)17-29-13-11-28(12-14-29)10-9-27-7-5-4-6-8-27/h16H,4-14,17-18H2,1-3H3,(H,24,25,26). The fourth-order valence-electron chi connectivity index (χ4n) is 3.96. The highest BCUT2D eigenvalue weighted by Gasteiger charge is 2.20. The quantitative estimate of drug-likeness (QED) is 0.755. The molecule has 1 aromatic heterocycles. The molecule has 0 spiro atoms. The molecule has 1 N–H and O–H groups in total. The highest BCUT2D eigenvalue weighted by Crippen LogP contribution is 2.19. The van der Waals surface area contributed by atoms with Crippen molar-refractivity contribution in [3.8, 4) is 6.07 Å². The fourth-order valence-corrected chi connectivity index (χ4v) is 3.96. The molecular formula is C22H37N7. The predicted octanol–water partition coefficient (Wildman–Crippen LogP) is 2.41. The zero-order valence-electron chi connectivity index (χ0n) is 18.5. The lowest BCUT2D eigenvalue weighted by molar-refractivity contribution is 0.110. The third-order valence-electron chi connectivity index (χ3n) is 5.79. The van der Waals surface area contributed by atoms with Crippen molar-refractivity contribution in [2.75, 3.05) is 64.2 Å². The monoisotopic (exact) mass is 399 g/mol. The first-order valence-electron chi connectivity index (χ1n) is 11.1. The first kappa shape index (κ1) is 21.9. The summed E-state index contributed by atoms with van der Waals surface area (Å²) in [5, 5.41) is 12.6. The van der Waals surface area contributed by atoms with E-state index in [1.807, 2.05) is 6.20 Å². The summed E-state index contributed by atoms with van der Waals surface area (Å²) < 4.78 is 0. The number of piperazine rings is 1. The van der Waals surface area contributed by atoms with Gasteiger partial charge in [-0.05, 0) is 31.3 Å². The van der Waals surface area contributed by atoms with Crippen LogP contribution in [0, 0.1) is 16.7 Å². The zero-order chi connectivity index (χ0) is 20.7. The van der Waals surface area contributed by atoms with Gasteiger partial charge in [0, 0.05) is 64.1 Å². The van der Waals surface area contributed by atoms with Gasteiger partial charge in [0.15, 0.2) is 0 Å². The van der Waals surface area contributed by atoms with Crippen LogP contribution in [0.1, 0.15) is 51.4 Å². The molecule has 0 aromatic carbocycles. The van der Waals surface area contributed by atoms with Crippen LogP contribution >= 0.6 is 0 Å². The summed E-state index contributed by atoms with van der Waals surface area (Å²) in [6.45, 7) is 17.6. The van der Waals surface area contributed by atoms with Gasteiger partial charge in [-0.15, -0.1) is 0 Å². The van der Waals surface area contributed by atoms with Gasteiger partial charge in [-0.25, -0.2) is 9.97 Å². The second-order valence-corrected chi connectivity index (χ2v) is 9.61. The van der Waals surface area contributed by atoms with Crippen LogP contribution in [0.15, 0.2) is 6.20 Å². The number of anilines is 1. The lowest BCUT2D eigenvalue weighted by Gasteiger charge is -2.36. The molecule has 3 rings (SSSR count). The summed E-state index contributed by atoms with van der Waals surface area (Å²) in [6.07, 6.45) is 5.96. The number of rotatable bonds is 7. The summed E-state index contributed by atoms with van der Waals surface area (Å²) >= 11 is 0. The lowest BCUT2D eigenvalue weighted by atomic mass is 9.97. The molecule has 1 aromatic rings. The smallest absolute Gasteiger partial charge is 0.234 e. The van der Waals surface area contributed by atoms with Gasteiger partial charge in [-0.3, -0.25) is 9.80 Å². The number of nitrogens with one attached hydrogen (secondary N) is 1. The Hall–Kier alpha value is -1.75. The van der Waals surface area contributed by atoms with Crippen LogP contribution in [0.4, 0.5) is 5.82 Å². The second kappa shape index (κ2) is 10.3. The van der Waals surface area contributed by atoms with Crippen molar-refractivity contribution in [3.63, 3.8) is 0 Å². The van der Waals surface area contributed by atoms with Crippen LogP contribution in [0.5, 0.6) is 0 Å². The molecule has 0 saturated carbocycles. The van der Waals surface area contributed by atoms with Crippen molar-refractivity contribution in [2.24, 2.45) is 5.41 Å². The summed E-state index contributed by atoms with van der Waals surface area (Å²) in [5.74, 6) is 1.03. The van der Waals surface area contributed by atoms with Gasteiger partial charge < -0.3 is 10.2 Å². The molecule has 0 bridgehead atoms. The molecule has 160 valence electrons. The average molecular weight is 400 g/mol. The molecule has 7 heteroatoms. The highest BCUT2D eigenvalue weighted by molar-refractivity contribution is 5.44. The number of aromatic nitrogens is 2. The molecule has 29 heavy (non-hydrogen) atoms. The van der Waals surface area contributed by atoms with E-state index in [1.54, 1.807) is 0 Å². The van der Waals surface area contributed by atoms with Crippen molar-refractivity contribution in [2.45, 2.75) is 46.6 Å². The molecular weight excluding hydrogens is 362 g/mol. The van der Waals surface area contributed by atoms with Gasteiger partial charge in [0.2, 0.25) is 5.82 Å². The first-order chi connectivity index (χ1) is 13.9. The molecule has 0 aliphatic carbocycles. The number of nitriles is 1. The summed E-state index contributed by atoms with van der Waals surface area (Å²) in [5.41, 5.74) is 1.23. The molecule has 0 atom stereocenters. The van der Waals surface area contributed by atoms with E-state index in [1.165, 1.54) is 45.4 Å². The fraction of sp³-hybridized carbons (Fsp3) is 0.773. The Bertz CT molecular complexity index is 677. The maximum Gasteiger partial charge on any atom is 0.234 e. The molecule has 2 fully saturated rings. The van der Waals surface area contributed by atoms with Crippen LogP contribution < -0.4 is 5.32 Å². The van der Waals surface area contributed by atoms with Crippen molar-refractivity contribution in [1.82, 2.24) is 24.7 Å². The average Bonchev–Trinajstić information content (AvgIpc) is 2.72. The van der Waals surface area contributed by atoms with E-state index in [9.17, 15) is 0 Å². The van der Waals surface area contributed by atoms with Gasteiger partial charge >= 0.3 is 0 Å². The zero-order valence-corrected chi connectivity index (χ0v) is 18.5. The number of hydrogen-bond donors (Lipinski definition) is 1. The van der Waals surface area contributed by atoms with E-state index in [-0.39, 0.29) is 11.2 Å². The van der Waals surface area contributed by atoms with E-state index in [0.29, 0.717) is 0 Å². The van der Waals surface area contributed by atoms with E-state index in [0.717, 1.165) is 50.6 Å². The van der Waals surface area contributed by atoms with Crippen LogP contribution in [0.25, 0.3) is 0 Å². The minimum absolute atomic E-state index is 0.148. The van der Waals surface area contributed by atoms with Gasteiger partial charge in [0.25, 0.3) is 0 Å². The SMILES string of the molecule is CC(C)(C)CNc1nc(C#N)ncc1CN1CCN(CCN2CCCCC2)CC1. The lowest BCUT2D eigenvalue weighted by Crippen LogP contribution is -2.48. The molecule has 2 aliphatic heterocycles. The molecule has 2 saturated heterocycles. The van der Waals surface area contributed by atoms with E-state index in [4.69, 9.17) is 5.26 Å². The summed E-state index contributed by atoms with van der Waals surface area (Å²) in [6, 6.07) is 2.06. The van der Waals surface area contributed by atoms with Crippen molar-refractivity contribution in [1.29, 1.82) is 5.26 Å². The largest absolute Gasteiger partial charge is 0.369 e. The number of likely N-dealkylation sites (tertiary alicyclic amines) is 1. The van der Waals surface area contributed by atoms with Crippen molar-refractivity contribution >= 4 is 5.82 Å². The van der Waals surface area contributed by atoms with E-state index < -0.39 is 0 Å². The summed E-state index contributed by atoms with van der Waals surface area (Å²) in [4.78, 5) is 16.3. The van der Waals surface area contributed by atoms with E-state index in [2.05, 4.69) is 56.8 Å². The van der Waals surface area contributed by atoms with Gasteiger partial charge in [-0.1, -0.05) is 27.2 Å². The maximum atomic E-state index is 9.15. The Morgan fingerprint density at radius 2 is 1.59 bits per heavy atom. The third kappa shape index (κ3) is 7.22. The highest BCUT2D eigenvalue weighted by atomic mass is 15.3. The van der Waals surface area contributed by atoms with E-state index >= 15 is 0 Å². The predicted molar refractivity (Wildman–Crippen MR) is 117 cm³/mol.